The van der Waals surface area contributed by atoms with Crippen molar-refractivity contribution in [2.45, 2.75) is 44.3 Å². The van der Waals surface area contributed by atoms with Gasteiger partial charge in [0.25, 0.3) is 0 Å². The van der Waals surface area contributed by atoms with Crippen molar-refractivity contribution >= 4 is 38.0 Å². The standard InChI is InChI=1S/C23H25Br2NO3/c24-18-11-15(12-19(25)13-18)14-29-21-6-5-16-3-1-2-4-20(16)22(21)17-7-9-26(10-8-17)23(27)28/h1-4,11-13,17,21-22H,5-10,14H2,(H,27,28)/p-1. The molecule has 1 aliphatic carbocycles. The molecule has 2 aromatic carbocycles. The van der Waals surface area contributed by atoms with Gasteiger partial charge in [-0.2, -0.15) is 0 Å². The van der Waals surface area contributed by atoms with Gasteiger partial charge in [-0.05, 0) is 66.5 Å². The van der Waals surface area contributed by atoms with E-state index >= 15 is 0 Å². The number of amides is 1. The summed E-state index contributed by atoms with van der Waals surface area (Å²) in [6.45, 7) is 1.67. The van der Waals surface area contributed by atoms with Crippen LogP contribution in [0.15, 0.2) is 51.4 Å². The topological polar surface area (TPSA) is 52.6 Å². The van der Waals surface area contributed by atoms with Crippen molar-refractivity contribution in [3.63, 3.8) is 0 Å². The normalized spacial score (nSPS) is 22.3. The quantitative estimate of drug-likeness (QED) is 0.576. The molecular weight excluding hydrogens is 498 g/mol. The molecule has 2 aromatic rings. The Morgan fingerprint density at radius 2 is 1.76 bits per heavy atom. The van der Waals surface area contributed by atoms with Crippen molar-refractivity contribution in [1.29, 1.82) is 0 Å². The smallest absolute Gasteiger partial charge is 0.136 e. The summed E-state index contributed by atoms with van der Waals surface area (Å²) in [5.74, 6) is 0.728. The van der Waals surface area contributed by atoms with Crippen LogP contribution in [0.1, 0.15) is 41.9 Å². The Balaban J connectivity index is 1.53. The maximum atomic E-state index is 11.2. The van der Waals surface area contributed by atoms with Gasteiger partial charge in [0.05, 0.1) is 12.7 Å². The first-order chi connectivity index (χ1) is 14.0. The zero-order valence-electron chi connectivity index (χ0n) is 16.2. The molecule has 0 N–H and O–H groups in total. The van der Waals surface area contributed by atoms with Gasteiger partial charge in [-0.15, -0.1) is 0 Å². The van der Waals surface area contributed by atoms with Gasteiger partial charge in [-0.1, -0.05) is 56.1 Å². The molecule has 29 heavy (non-hydrogen) atoms. The summed E-state index contributed by atoms with van der Waals surface area (Å²) in [6, 6.07) is 14.9. The molecule has 1 amide bonds. The van der Waals surface area contributed by atoms with Crippen LogP contribution >= 0.6 is 31.9 Å². The fourth-order valence-electron chi connectivity index (χ4n) is 4.85. The van der Waals surface area contributed by atoms with Crippen LogP contribution in [0.25, 0.3) is 0 Å². The Bertz CT molecular complexity index is 860. The van der Waals surface area contributed by atoms with Crippen LogP contribution in [0.3, 0.4) is 0 Å². The number of hydrogen-bond acceptors (Lipinski definition) is 3. The highest BCUT2D eigenvalue weighted by molar-refractivity contribution is 9.11. The van der Waals surface area contributed by atoms with E-state index in [9.17, 15) is 9.90 Å². The molecule has 1 heterocycles. The Labute approximate surface area is 188 Å². The molecule has 154 valence electrons. The molecule has 0 spiro atoms. The van der Waals surface area contributed by atoms with E-state index in [-0.39, 0.29) is 6.10 Å². The largest absolute Gasteiger partial charge is 0.530 e. The summed E-state index contributed by atoms with van der Waals surface area (Å²) < 4.78 is 8.56. The second-order valence-corrected chi connectivity index (χ2v) is 9.81. The number of halogens is 2. The fourth-order valence-corrected chi connectivity index (χ4v) is 6.24. The average molecular weight is 522 g/mol. The van der Waals surface area contributed by atoms with Crippen LogP contribution in [-0.4, -0.2) is 30.2 Å². The van der Waals surface area contributed by atoms with Gasteiger partial charge in [0.1, 0.15) is 6.09 Å². The predicted molar refractivity (Wildman–Crippen MR) is 118 cm³/mol. The van der Waals surface area contributed by atoms with E-state index in [1.54, 1.807) is 0 Å². The molecular formula is C23H24Br2NO3-. The molecule has 1 fully saturated rings. The summed E-state index contributed by atoms with van der Waals surface area (Å²) in [6.07, 6.45) is 2.82. The lowest BCUT2D eigenvalue weighted by molar-refractivity contribution is -0.266. The third-order valence-electron chi connectivity index (χ3n) is 6.21. The molecule has 6 heteroatoms. The summed E-state index contributed by atoms with van der Waals surface area (Å²) >= 11 is 7.10. The molecule has 1 aliphatic heterocycles. The Morgan fingerprint density at radius 1 is 1.07 bits per heavy atom. The number of nitrogens with zero attached hydrogens (tertiary/aromatic N) is 1. The average Bonchev–Trinajstić information content (AvgIpc) is 2.71. The lowest BCUT2D eigenvalue weighted by Gasteiger charge is -2.43. The molecule has 0 radical (unpaired) electrons. The molecule has 0 bridgehead atoms. The summed E-state index contributed by atoms with van der Waals surface area (Å²) in [7, 11) is 0. The first-order valence-corrected chi connectivity index (χ1v) is 11.7. The molecule has 4 rings (SSSR count). The maximum absolute atomic E-state index is 11.2. The Morgan fingerprint density at radius 3 is 2.45 bits per heavy atom. The van der Waals surface area contributed by atoms with E-state index < -0.39 is 6.09 Å². The minimum atomic E-state index is -1.06. The van der Waals surface area contributed by atoms with Gasteiger partial charge in [0.2, 0.25) is 0 Å². The van der Waals surface area contributed by atoms with Crippen LogP contribution < -0.4 is 5.11 Å². The van der Waals surface area contributed by atoms with Gasteiger partial charge >= 0.3 is 0 Å². The third kappa shape index (κ3) is 4.86. The second-order valence-electron chi connectivity index (χ2n) is 7.98. The number of hydrogen-bond donors (Lipinski definition) is 0. The number of likely N-dealkylation sites (tertiary alicyclic amines) is 1. The lowest BCUT2D eigenvalue weighted by atomic mass is 9.71. The third-order valence-corrected chi connectivity index (χ3v) is 7.12. The molecule has 2 unspecified atom stereocenters. The predicted octanol–water partition coefficient (Wildman–Crippen LogP) is 4.88. The van der Waals surface area contributed by atoms with Crippen molar-refractivity contribution in [2.24, 2.45) is 5.92 Å². The van der Waals surface area contributed by atoms with E-state index in [1.165, 1.54) is 16.0 Å². The minimum absolute atomic E-state index is 0.141. The highest BCUT2D eigenvalue weighted by atomic mass is 79.9. The molecule has 2 atom stereocenters. The van der Waals surface area contributed by atoms with Crippen molar-refractivity contribution in [3.8, 4) is 0 Å². The second kappa shape index (κ2) is 9.19. The van der Waals surface area contributed by atoms with E-state index in [4.69, 9.17) is 4.74 Å². The fraction of sp³-hybridized carbons (Fsp3) is 0.435. The van der Waals surface area contributed by atoms with Gasteiger partial charge in [-0.3, -0.25) is 0 Å². The van der Waals surface area contributed by atoms with Crippen molar-refractivity contribution in [2.75, 3.05) is 13.1 Å². The monoisotopic (exact) mass is 520 g/mol. The number of piperidine rings is 1. The van der Waals surface area contributed by atoms with Gasteiger partial charge < -0.3 is 19.5 Å². The van der Waals surface area contributed by atoms with Crippen molar-refractivity contribution in [1.82, 2.24) is 4.90 Å². The Kier molecular flexibility index (Phi) is 6.62. The highest BCUT2D eigenvalue weighted by Gasteiger charge is 2.37. The van der Waals surface area contributed by atoms with Crippen molar-refractivity contribution in [3.05, 3.63) is 68.1 Å². The van der Waals surface area contributed by atoms with Gasteiger partial charge in [0.15, 0.2) is 0 Å². The Hall–Kier alpha value is -1.37. The highest BCUT2D eigenvalue weighted by Crippen LogP contribution is 2.43. The van der Waals surface area contributed by atoms with Crippen LogP contribution in [-0.2, 0) is 17.8 Å². The summed E-state index contributed by atoms with van der Waals surface area (Å²) in [4.78, 5) is 12.6. The van der Waals surface area contributed by atoms with E-state index in [0.717, 1.165) is 40.2 Å². The van der Waals surface area contributed by atoms with Crippen LogP contribution in [0.5, 0.6) is 0 Å². The summed E-state index contributed by atoms with van der Waals surface area (Å²) in [5, 5.41) is 11.2. The molecule has 4 nitrogen and oxygen atoms in total. The number of benzene rings is 2. The van der Waals surface area contributed by atoms with Crippen LogP contribution in [0.4, 0.5) is 4.79 Å². The first-order valence-electron chi connectivity index (χ1n) is 10.1. The van der Waals surface area contributed by atoms with E-state index in [1.807, 2.05) is 6.07 Å². The molecule has 0 aromatic heterocycles. The zero-order valence-corrected chi connectivity index (χ0v) is 19.3. The van der Waals surface area contributed by atoms with Crippen LogP contribution in [0.2, 0.25) is 0 Å². The number of rotatable bonds is 4. The van der Waals surface area contributed by atoms with E-state index in [2.05, 4.69) is 68.3 Å². The number of ether oxygens (including phenoxy) is 1. The van der Waals surface area contributed by atoms with Crippen molar-refractivity contribution < 1.29 is 14.6 Å². The number of carbonyl (C=O) groups excluding carboxylic acids is 1. The lowest BCUT2D eigenvalue weighted by Crippen LogP contribution is -2.47. The van der Waals surface area contributed by atoms with Gasteiger partial charge in [-0.25, -0.2) is 0 Å². The minimum Gasteiger partial charge on any atom is -0.530 e. The molecule has 2 aliphatic rings. The number of aryl methyl sites for hydroxylation is 1. The van der Waals surface area contributed by atoms with E-state index in [0.29, 0.717) is 31.5 Å². The SMILES string of the molecule is O=C([O-])N1CCC(C2c3ccccc3CCC2OCc2cc(Br)cc(Br)c2)CC1. The number of carbonyl (C=O) groups is 1. The zero-order chi connectivity index (χ0) is 20.4. The number of carboxylic acid groups (broad SMARTS) is 1. The first kappa shape index (κ1) is 20.9. The molecule has 0 saturated carbocycles. The van der Waals surface area contributed by atoms with Gasteiger partial charge in [0, 0.05) is 28.0 Å². The summed E-state index contributed by atoms with van der Waals surface area (Å²) in [5.41, 5.74) is 3.92. The van der Waals surface area contributed by atoms with Crippen LogP contribution in [0, 0.1) is 5.92 Å². The molecule has 1 saturated heterocycles. The maximum Gasteiger partial charge on any atom is 0.136 e. The number of fused-ring (bicyclic) bond motifs is 1.